The van der Waals surface area contributed by atoms with E-state index < -0.39 is 4.92 Å². The van der Waals surface area contributed by atoms with E-state index in [2.05, 4.69) is 27.2 Å². The van der Waals surface area contributed by atoms with E-state index in [1.165, 1.54) is 6.33 Å². The van der Waals surface area contributed by atoms with Gasteiger partial charge in [0, 0.05) is 6.54 Å². The molecule has 0 saturated heterocycles. The fourth-order valence-electron chi connectivity index (χ4n) is 1.63. The second-order valence-corrected chi connectivity index (χ2v) is 4.36. The highest BCUT2D eigenvalue weighted by molar-refractivity contribution is 6.33. The first-order chi connectivity index (χ1) is 10.1. The molecular weight excluding hydrogens is 294 g/mol. The Morgan fingerprint density at radius 1 is 1.33 bits per heavy atom. The molecule has 1 heterocycles. The van der Waals surface area contributed by atoms with E-state index in [1.807, 2.05) is 0 Å². The second kappa shape index (κ2) is 6.67. The molecule has 0 aliphatic carbocycles. The number of aromatic nitrogens is 2. The topological polar surface area (TPSA) is 93.0 Å². The summed E-state index contributed by atoms with van der Waals surface area (Å²) in [4.78, 5) is 18.5. The zero-order valence-corrected chi connectivity index (χ0v) is 11.7. The quantitative estimate of drug-likeness (QED) is 0.483. The molecule has 0 aliphatic rings. The average molecular weight is 306 g/mol. The Kier molecular flexibility index (Phi) is 4.68. The van der Waals surface area contributed by atoms with Gasteiger partial charge in [-0.25, -0.2) is 9.97 Å². The number of hydrogen-bond donors (Lipinski definition) is 2. The Hall–Kier alpha value is -2.67. The number of nitrogens with zero attached hydrogens (tertiary/aromatic N) is 3. The van der Waals surface area contributed by atoms with Gasteiger partial charge in [0.1, 0.15) is 6.33 Å². The summed E-state index contributed by atoms with van der Waals surface area (Å²) >= 11 is 6.02. The molecule has 0 atom stereocenters. The fraction of sp³-hybridized carbons (Fsp3) is 0.0769. The van der Waals surface area contributed by atoms with Gasteiger partial charge in [0.25, 0.3) is 0 Å². The van der Waals surface area contributed by atoms with Crippen LogP contribution in [0.25, 0.3) is 0 Å². The van der Waals surface area contributed by atoms with Crippen LogP contribution in [0.15, 0.2) is 43.2 Å². The molecule has 0 fully saturated rings. The molecule has 2 N–H and O–H groups in total. The van der Waals surface area contributed by atoms with Crippen molar-refractivity contribution in [2.45, 2.75) is 0 Å². The zero-order chi connectivity index (χ0) is 15.2. The minimum Gasteiger partial charge on any atom is -0.361 e. The predicted molar refractivity (Wildman–Crippen MR) is 82.1 cm³/mol. The smallest absolute Gasteiger partial charge is 0.353 e. The molecule has 8 heteroatoms. The number of hydrogen-bond acceptors (Lipinski definition) is 6. The van der Waals surface area contributed by atoms with Gasteiger partial charge in [0.15, 0.2) is 0 Å². The first-order valence-electron chi connectivity index (χ1n) is 5.99. The lowest BCUT2D eigenvalue weighted by Gasteiger charge is -2.10. The summed E-state index contributed by atoms with van der Waals surface area (Å²) in [6.07, 6.45) is 2.81. The van der Waals surface area contributed by atoms with Gasteiger partial charge < -0.3 is 10.6 Å². The van der Waals surface area contributed by atoms with Crippen molar-refractivity contribution in [3.05, 3.63) is 58.4 Å². The van der Waals surface area contributed by atoms with Crippen LogP contribution in [-0.2, 0) is 0 Å². The van der Waals surface area contributed by atoms with Crippen LogP contribution < -0.4 is 10.6 Å². The molecule has 2 aromatic rings. The highest BCUT2D eigenvalue weighted by Gasteiger charge is 2.23. The molecule has 0 spiro atoms. The van der Waals surface area contributed by atoms with Gasteiger partial charge in [-0.3, -0.25) is 10.1 Å². The van der Waals surface area contributed by atoms with Crippen LogP contribution >= 0.6 is 11.6 Å². The molecule has 0 amide bonds. The molecule has 0 bridgehead atoms. The Bertz CT molecular complexity index is 677. The summed E-state index contributed by atoms with van der Waals surface area (Å²) in [5, 5.41) is 17.4. The van der Waals surface area contributed by atoms with Crippen LogP contribution in [0.2, 0.25) is 5.02 Å². The van der Waals surface area contributed by atoms with E-state index in [0.717, 1.165) is 0 Å². The molecule has 0 radical (unpaired) electrons. The van der Waals surface area contributed by atoms with Crippen molar-refractivity contribution < 1.29 is 4.92 Å². The van der Waals surface area contributed by atoms with Gasteiger partial charge in [-0.2, -0.15) is 0 Å². The maximum Gasteiger partial charge on any atom is 0.353 e. The number of nitro groups is 1. The van der Waals surface area contributed by atoms with Crippen molar-refractivity contribution in [2.75, 3.05) is 17.2 Å². The van der Waals surface area contributed by atoms with Crippen LogP contribution in [0.1, 0.15) is 0 Å². The molecule has 1 aromatic heterocycles. The average Bonchev–Trinajstić information content (AvgIpc) is 2.47. The van der Waals surface area contributed by atoms with E-state index in [-0.39, 0.29) is 17.3 Å². The molecule has 108 valence electrons. The maximum atomic E-state index is 11.3. The van der Waals surface area contributed by atoms with Gasteiger partial charge in [-0.1, -0.05) is 29.8 Å². The number of anilines is 3. The minimum atomic E-state index is -0.551. The van der Waals surface area contributed by atoms with Crippen LogP contribution in [0, 0.1) is 10.1 Å². The molecule has 0 saturated carbocycles. The first kappa shape index (κ1) is 14.7. The highest BCUT2D eigenvalue weighted by atomic mass is 35.5. The van der Waals surface area contributed by atoms with Gasteiger partial charge in [0.05, 0.1) is 15.6 Å². The lowest BCUT2D eigenvalue weighted by atomic mass is 10.3. The minimum absolute atomic E-state index is 0.0645. The molecule has 1 aromatic carbocycles. The standard InChI is InChI=1S/C13H12ClN5O2/c1-2-7-15-12-11(19(20)21)13(17-8-16-12)18-10-6-4-3-5-9(10)14/h2-6,8H,1,7H2,(H2,15,16,17,18). The Balaban J connectivity index is 2.41. The van der Waals surface area contributed by atoms with Crippen LogP contribution in [0.4, 0.5) is 23.0 Å². The summed E-state index contributed by atoms with van der Waals surface area (Å²) in [7, 11) is 0. The van der Waals surface area contributed by atoms with Crippen molar-refractivity contribution in [1.29, 1.82) is 0 Å². The maximum absolute atomic E-state index is 11.3. The Morgan fingerprint density at radius 2 is 2.05 bits per heavy atom. The number of nitrogens with one attached hydrogen (secondary N) is 2. The van der Waals surface area contributed by atoms with E-state index in [1.54, 1.807) is 30.3 Å². The van der Waals surface area contributed by atoms with E-state index in [0.29, 0.717) is 17.3 Å². The molecule has 2 rings (SSSR count). The van der Waals surface area contributed by atoms with Crippen molar-refractivity contribution in [3.8, 4) is 0 Å². The molecular formula is C13H12ClN5O2. The SMILES string of the molecule is C=CCNc1ncnc(Nc2ccccc2Cl)c1[N+](=O)[O-]. The molecule has 21 heavy (non-hydrogen) atoms. The summed E-state index contributed by atoms with van der Waals surface area (Å²) in [5.41, 5.74) is 0.273. The third-order valence-corrected chi connectivity index (χ3v) is 2.88. The summed E-state index contributed by atoms with van der Waals surface area (Å²) in [5.74, 6) is 0.180. The Morgan fingerprint density at radius 3 is 2.71 bits per heavy atom. The zero-order valence-electron chi connectivity index (χ0n) is 10.9. The van der Waals surface area contributed by atoms with Crippen LogP contribution in [-0.4, -0.2) is 21.4 Å². The van der Waals surface area contributed by atoms with E-state index in [4.69, 9.17) is 11.6 Å². The molecule has 0 unspecified atom stereocenters. The van der Waals surface area contributed by atoms with Crippen molar-refractivity contribution in [1.82, 2.24) is 9.97 Å². The van der Waals surface area contributed by atoms with Crippen molar-refractivity contribution in [3.63, 3.8) is 0 Å². The summed E-state index contributed by atoms with van der Waals surface area (Å²) < 4.78 is 0. The monoisotopic (exact) mass is 305 g/mol. The van der Waals surface area contributed by atoms with Gasteiger partial charge in [-0.15, -0.1) is 6.58 Å². The number of halogens is 1. The number of rotatable bonds is 6. The molecule has 0 aliphatic heterocycles. The fourth-order valence-corrected chi connectivity index (χ4v) is 1.81. The molecule has 7 nitrogen and oxygen atoms in total. The lowest BCUT2D eigenvalue weighted by molar-refractivity contribution is -0.383. The predicted octanol–water partition coefficient (Wildman–Crippen LogP) is 3.38. The number of para-hydroxylation sites is 1. The second-order valence-electron chi connectivity index (χ2n) is 3.95. The van der Waals surface area contributed by atoms with Gasteiger partial charge >= 0.3 is 5.69 Å². The highest BCUT2D eigenvalue weighted by Crippen LogP contribution is 2.32. The van der Waals surface area contributed by atoms with Crippen molar-refractivity contribution >= 4 is 34.6 Å². The van der Waals surface area contributed by atoms with Gasteiger partial charge in [-0.05, 0) is 12.1 Å². The largest absolute Gasteiger partial charge is 0.361 e. The summed E-state index contributed by atoms with van der Waals surface area (Å²) in [6, 6.07) is 6.90. The number of benzene rings is 1. The lowest BCUT2D eigenvalue weighted by Crippen LogP contribution is -2.08. The van der Waals surface area contributed by atoms with Crippen LogP contribution in [0.5, 0.6) is 0 Å². The van der Waals surface area contributed by atoms with Crippen LogP contribution in [0.3, 0.4) is 0 Å². The van der Waals surface area contributed by atoms with E-state index >= 15 is 0 Å². The van der Waals surface area contributed by atoms with Gasteiger partial charge in [0.2, 0.25) is 11.6 Å². The normalized spacial score (nSPS) is 9.95. The first-order valence-corrected chi connectivity index (χ1v) is 6.37. The summed E-state index contributed by atoms with van der Waals surface area (Å²) in [6.45, 7) is 3.89. The third-order valence-electron chi connectivity index (χ3n) is 2.55. The van der Waals surface area contributed by atoms with Crippen molar-refractivity contribution in [2.24, 2.45) is 0 Å². The van der Waals surface area contributed by atoms with E-state index in [9.17, 15) is 10.1 Å². The Labute approximate surface area is 125 Å². The third kappa shape index (κ3) is 3.46.